The maximum atomic E-state index is 12.8. The monoisotopic (exact) mass is 332 g/mol. The van der Waals surface area contributed by atoms with Gasteiger partial charge in [-0.1, -0.05) is 12.7 Å². The summed E-state index contributed by atoms with van der Waals surface area (Å²) in [6.07, 6.45) is 1.96. The third-order valence-electron chi connectivity index (χ3n) is 3.81. The third kappa shape index (κ3) is 4.28. The highest BCUT2D eigenvalue weighted by Gasteiger charge is 2.26. The van der Waals surface area contributed by atoms with Gasteiger partial charge in [0.25, 0.3) is 5.91 Å². The molecule has 1 aromatic rings. The topological polar surface area (TPSA) is 67.9 Å². The van der Waals surface area contributed by atoms with Crippen molar-refractivity contribution in [3.05, 3.63) is 36.4 Å². The summed E-state index contributed by atoms with van der Waals surface area (Å²) in [6, 6.07) is 5.08. The minimum atomic E-state index is -0.116. The van der Waals surface area contributed by atoms with E-state index in [0.717, 1.165) is 0 Å². The Hall–Kier alpha value is -2.50. The van der Waals surface area contributed by atoms with E-state index in [-0.39, 0.29) is 17.9 Å². The van der Waals surface area contributed by atoms with Gasteiger partial charge in [-0.2, -0.15) is 0 Å². The average Bonchev–Trinajstić information content (AvgIpc) is 2.75. The molecule has 1 saturated heterocycles. The number of amides is 2. The predicted molar refractivity (Wildman–Crippen MR) is 91.4 cm³/mol. The summed E-state index contributed by atoms with van der Waals surface area (Å²) in [4.78, 5) is 26.1. The quantitative estimate of drug-likeness (QED) is 0.809. The zero-order valence-electron chi connectivity index (χ0n) is 14.2. The molecule has 0 saturated carbocycles. The second-order valence-corrected chi connectivity index (χ2v) is 5.60. The molecular formula is C18H24N2O4. The van der Waals surface area contributed by atoms with Gasteiger partial charge >= 0.3 is 0 Å². The van der Waals surface area contributed by atoms with Crippen molar-refractivity contribution in [1.29, 1.82) is 0 Å². The molecule has 0 radical (unpaired) electrons. The van der Waals surface area contributed by atoms with Crippen LogP contribution in [0, 0.1) is 0 Å². The van der Waals surface area contributed by atoms with Crippen molar-refractivity contribution in [3.8, 4) is 11.5 Å². The summed E-state index contributed by atoms with van der Waals surface area (Å²) >= 11 is 0. The Balaban J connectivity index is 2.23. The minimum absolute atomic E-state index is 0.0275. The lowest BCUT2D eigenvalue weighted by Gasteiger charge is -2.26. The van der Waals surface area contributed by atoms with Crippen LogP contribution in [0.1, 0.15) is 30.6 Å². The predicted octanol–water partition coefficient (Wildman–Crippen LogP) is 2.00. The number of rotatable bonds is 6. The largest absolute Gasteiger partial charge is 0.490 e. The summed E-state index contributed by atoms with van der Waals surface area (Å²) in [7, 11) is 0. The maximum Gasteiger partial charge on any atom is 0.254 e. The lowest BCUT2D eigenvalue weighted by atomic mass is 10.1. The summed E-state index contributed by atoms with van der Waals surface area (Å²) in [5.74, 6) is 0.964. The second kappa shape index (κ2) is 8.38. The summed E-state index contributed by atoms with van der Waals surface area (Å²) in [5, 5.41) is 2.81. The Morgan fingerprint density at radius 1 is 1.42 bits per heavy atom. The van der Waals surface area contributed by atoms with Crippen molar-refractivity contribution < 1.29 is 19.1 Å². The van der Waals surface area contributed by atoms with Gasteiger partial charge in [0.2, 0.25) is 5.91 Å². The zero-order valence-corrected chi connectivity index (χ0v) is 14.2. The number of hydrogen-bond acceptors (Lipinski definition) is 4. The first-order valence-corrected chi connectivity index (χ1v) is 8.15. The molecule has 6 nitrogen and oxygen atoms in total. The minimum Gasteiger partial charge on any atom is -0.490 e. The van der Waals surface area contributed by atoms with Gasteiger partial charge in [-0.05, 0) is 32.0 Å². The molecule has 1 aromatic carbocycles. The highest BCUT2D eigenvalue weighted by atomic mass is 16.5. The van der Waals surface area contributed by atoms with Crippen LogP contribution < -0.4 is 14.8 Å². The van der Waals surface area contributed by atoms with E-state index in [1.165, 1.54) is 0 Å². The standard InChI is InChI=1S/C18H24N2O4/c1-4-10-24-15-7-6-14(11-16(15)23-5-2)18(22)20-9-8-17(21)19-12-13(20)3/h4,6-7,11,13H,1,5,8-10,12H2,2-3H3,(H,19,21)/t13-/m0/s1. The van der Waals surface area contributed by atoms with Crippen LogP contribution in [0.4, 0.5) is 0 Å². The van der Waals surface area contributed by atoms with Gasteiger partial charge in [-0.25, -0.2) is 0 Å². The van der Waals surface area contributed by atoms with Gasteiger partial charge in [0.15, 0.2) is 11.5 Å². The molecule has 0 bridgehead atoms. The molecule has 0 aromatic heterocycles. The van der Waals surface area contributed by atoms with Crippen LogP contribution in [0.25, 0.3) is 0 Å². The number of benzene rings is 1. The first-order valence-electron chi connectivity index (χ1n) is 8.15. The Labute approximate surface area is 142 Å². The van der Waals surface area contributed by atoms with E-state index in [1.54, 1.807) is 29.2 Å². The average molecular weight is 332 g/mol. The molecule has 1 aliphatic rings. The fraction of sp³-hybridized carbons (Fsp3) is 0.444. The van der Waals surface area contributed by atoms with E-state index in [1.807, 2.05) is 13.8 Å². The van der Waals surface area contributed by atoms with Gasteiger partial charge < -0.3 is 19.7 Å². The van der Waals surface area contributed by atoms with Crippen LogP contribution in [-0.2, 0) is 4.79 Å². The molecule has 1 aliphatic heterocycles. The Morgan fingerprint density at radius 2 is 2.21 bits per heavy atom. The van der Waals surface area contributed by atoms with Gasteiger partial charge in [0.1, 0.15) is 6.61 Å². The van der Waals surface area contributed by atoms with Crippen LogP contribution in [0.15, 0.2) is 30.9 Å². The van der Waals surface area contributed by atoms with E-state index >= 15 is 0 Å². The Morgan fingerprint density at radius 3 is 2.92 bits per heavy atom. The number of nitrogens with zero attached hydrogens (tertiary/aromatic N) is 1. The maximum absolute atomic E-state index is 12.8. The molecule has 2 rings (SSSR count). The lowest BCUT2D eigenvalue weighted by molar-refractivity contribution is -0.120. The number of ether oxygens (including phenoxy) is 2. The Kier molecular flexibility index (Phi) is 6.23. The molecule has 0 unspecified atom stereocenters. The summed E-state index contributed by atoms with van der Waals surface area (Å²) in [6.45, 7) is 9.13. The van der Waals surface area contributed by atoms with Crippen molar-refractivity contribution >= 4 is 11.8 Å². The first-order chi connectivity index (χ1) is 11.6. The van der Waals surface area contributed by atoms with Crippen molar-refractivity contribution in [1.82, 2.24) is 10.2 Å². The van der Waals surface area contributed by atoms with Gasteiger partial charge in [-0.3, -0.25) is 9.59 Å². The fourth-order valence-corrected chi connectivity index (χ4v) is 2.55. The number of nitrogens with one attached hydrogen (secondary N) is 1. The van der Waals surface area contributed by atoms with E-state index < -0.39 is 0 Å². The Bertz CT molecular complexity index is 615. The van der Waals surface area contributed by atoms with Gasteiger partial charge in [-0.15, -0.1) is 0 Å². The van der Waals surface area contributed by atoms with Crippen LogP contribution in [-0.4, -0.2) is 49.1 Å². The molecule has 24 heavy (non-hydrogen) atoms. The van der Waals surface area contributed by atoms with E-state index in [0.29, 0.717) is 49.8 Å². The smallest absolute Gasteiger partial charge is 0.254 e. The van der Waals surface area contributed by atoms with Crippen LogP contribution in [0.3, 0.4) is 0 Å². The van der Waals surface area contributed by atoms with Crippen molar-refractivity contribution in [3.63, 3.8) is 0 Å². The molecule has 0 aliphatic carbocycles. The fourth-order valence-electron chi connectivity index (χ4n) is 2.55. The first kappa shape index (κ1) is 17.8. The van der Waals surface area contributed by atoms with E-state index in [9.17, 15) is 9.59 Å². The SMILES string of the molecule is C=CCOc1ccc(C(=O)N2CCC(=O)NC[C@@H]2C)cc1OCC. The molecule has 1 atom stereocenters. The number of hydrogen-bond donors (Lipinski definition) is 1. The normalized spacial score (nSPS) is 17.7. The lowest BCUT2D eigenvalue weighted by Crippen LogP contribution is -2.41. The molecule has 1 N–H and O–H groups in total. The third-order valence-corrected chi connectivity index (χ3v) is 3.81. The highest BCUT2D eigenvalue weighted by Crippen LogP contribution is 2.29. The molecule has 130 valence electrons. The number of carbonyl (C=O) groups is 2. The van der Waals surface area contributed by atoms with E-state index in [4.69, 9.17) is 9.47 Å². The molecule has 0 spiro atoms. The van der Waals surface area contributed by atoms with Crippen molar-refractivity contribution in [2.45, 2.75) is 26.3 Å². The highest BCUT2D eigenvalue weighted by molar-refractivity contribution is 5.95. The molecule has 2 amide bonds. The summed E-state index contributed by atoms with van der Waals surface area (Å²) in [5.41, 5.74) is 0.519. The zero-order chi connectivity index (χ0) is 17.5. The van der Waals surface area contributed by atoms with Crippen molar-refractivity contribution in [2.24, 2.45) is 0 Å². The second-order valence-electron chi connectivity index (χ2n) is 5.60. The van der Waals surface area contributed by atoms with Gasteiger partial charge in [0.05, 0.1) is 6.61 Å². The molecular weight excluding hydrogens is 308 g/mol. The van der Waals surface area contributed by atoms with Crippen LogP contribution >= 0.6 is 0 Å². The van der Waals surface area contributed by atoms with E-state index in [2.05, 4.69) is 11.9 Å². The van der Waals surface area contributed by atoms with Gasteiger partial charge in [0, 0.05) is 31.1 Å². The molecule has 6 heteroatoms. The van der Waals surface area contributed by atoms with Crippen molar-refractivity contribution in [2.75, 3.05) is 26.3 Å². The van der Waals surface area contributed by atoms with Crippen LogP contribution in [0.5, 0.6) is 11.5 Å². The number of carbonyl (C=O) groups excluding carboxylic acids is 2. The van der Waals surface area contributed by atoms with Crippen LogP contribution in [0.2, 0.25) is 0 Å². The molecule has 1 fully saturated rings. The summed E-state index contributed by atoms with van der Waals surface area (Å²) < 4.78 is 11.1. The molecule has 1 heterocycles.